The van der Waals surface area contributed by atoms with E-state index < -0.39 is 0 Å². The number of rotatable bonds is 8. The lowest BCUT2D eigenvalue weighted by Gasteiger charge is -2.15. The second-order valence-electron chi connectivity index (χ2n) is 6.38. The third-order valence-corrected chi connectivity index (χ3v) is 5.38. The molecule has 0 aliphatic carbocycles. The molecule has 158 valence electrons. The lowest BCUT2D eigenvalue weighted by Crippen LogP contribution is -2.03. The quantitative estimate of drug-likeness (QED) is 0.322. The van der Waals surface area contributed by atoms with Gasteiger partial charge in [-0.05, 0) is 48.9 Å². The molecule has 2 N–H and O–H groups in total. The summed E-state index contributed by atoms with van der Waals surface area (Å²) in [5.41, 5.74) is 2.49. The van der Waals surface area contributed by atoms with Gasteiger partial charge >= 0.3 is 0 Å². The maximum atomic E-state index is 9.67. The molecule has 0 bridgehead atoms. The van der Waals surface area contributed by atoms with E-state index in [-0.39, 0.29) is 22.4 Å². The molecule has 30 heavy (non-hydrogen) atoms. The van der Waals surface area contributed by atoms with Crippen LogP contribution in [0.5, 0.6) is 17.2 Å². The van der Waals surface area contributed by atoms with Gasteiger partial charge in [0.05, 0.1) is 16.7 Å². The fourth-order valence-corrected chi connectivity index (χ4v) is 3.67. The molecule has 0 heterocycles. The van der Waals surface area contributed by atoms with E-state index in [1.54, 1.807) is 24.3 Å². The van der Waals surface area contributed by atoms with Crippen LogP contribution < -0.4 is 14.8 Å². The summed E-state index contributed by atoms with van der Waals surface area (Å²) in [5.74, 6) is 1.11. The van der Waals surface area contributed by atoms with E-state index in [1.165, 1.54) is 0 Å². The monoisotopic (exact) mass is 485 g/mol. The lowest BCUT2D eigenvalue weighted by molar-refractivity contribution is 0.269. The molecule has 0 aliphatic rings. The largest absolute Gasteiger partial charge is 0.505 e. The zero-order valence-corrected chi connectivity index (χ0v) is 19.0. The van der Waals surface area contributed by atoms with Gasteiger partial charge in [0.2, 0.25) is 0 Å². The van der Waals surface area contributed by atoms with Crippen LogP contribution in [0.15, 0.2) is 48.5 Å². The normalized spacial score (nSPS) is 10.7. The Labute approximate surface area is 195 Å². The van der Waals surface area contributed by atoms with Gasteiger partial charge in [-0.3, -0.25) is 0 Å². The molecule has 4 nitrogen and oxygen atoms in total. The highest BCUT2D eigenvalue weighted by molar-refractivity contribution is 6.37. The average molecular weight is 487 g/mol. The van der Waals surface area contributed by atoms with Crippen molar-refractivity contribution in [2.75, 3.05) is 11.9 Å². The van der Waals surface area contributed by atoms with Gasteiger partial charge in [0.25, 0.3) is 0 Å². The van der Waals surface area contributed by atoms with E-state index in [1.807, 2.05) is 31.2 Å². The number of hydrogen-bond acceptors (Lipinski definition) is 4. The lowest BCUT2D eigenvalue weighted by atomic mass is 10.2. The van der Waals surface area contributed by atoms with Crippen LogP contribution in [0.2, 0.25) is 20.1 Å². The number of anilines is 1. The first-order chi connectivity index (χ1) is 14.4. The van der Waals surface area contributed by atoms with E-state index in [2.05, 4.69) is 5.32 Å². The Morgan fingerprint density at radius 1 is 0.833 bits per heavy atom. The third kappa shape index (κ3) is 5.79. The molecular formula is C22H19Cl4NO3. The van der Waals surface area contributed by atoms with E-state index in [9.17, 15) is 5.11 Å². The first-order valence-corrected chi connectivity index (χ1v) is 10.6. The minimum absolute atomic E-state index is 0.134. The zero-order chi connectivity index (χ0) is 21.7. The second-order valence-corrected chi connectivity index (χ2v) is 8.04. The first kappa shape index (κ1) is 22.7. The number of hydrogen-bond donors (Lipinski definition) is 2. The van der Waals surface area contributed by atoms with Crippen molar-refractivity contribution in [3.05, 3.63) is 79.7 Å². The Bertz CT molecular complexity index is 1020. The third-order valence-electron chi connectivity index (χ3n) is 4.22. The molecule has 0 atom stereocenters. The predicted molar refractivity (Wildman–Crippen MR) is 124 cm³/mol. The predicted octanol–water partition coefficient (Wildman–Crippen LogP) is 7.60. The number of benzene rings is 3. The molecular weight excluding hydrogens is 468 g/mol. The highest BCUT2D eigenvalue weighted by Crippen LogP contribution is 2.35. The SMILES string of the molecule is CCOc1cc(CNc2cc(Cl)c(O)c(Cl)c2)ccc1OCc1ccc(Cl)cc1Cl. The van der Waals surface area contributed by atoms with Crippen molar-refractivity contribution >= 4 is 52.1 Å². The van der Waals surface area contributed by atoms with E-state index in [0.29, 0.717) is 40.4 Å². The van der Waals surface area contributed by atoms with Crippen molar-refractivity contribution in [3.63, 3.8) is 0 Å². The van der Waals surface area contributed by atoms with Gasteiger partial charge in [0.15, 0.2) is 17.2 Å². The summed E-state index contributed by atoms with van der Waals surface area (Å²) in [5, 5.41) is 14.4. The zero-order valence-electron chi connectivity index (χ0n) is 16.0. The van der Waals surface area contributed by atoms with Crippen LogP contribution in [-0.4, -0.2) is 11.7 Å². The Morgan fingerprint density at radius 2 is 1.57 bits per heavy atom. The highest BCUT2D eigenvalue weighted by atomic mass is 35.5. The van der Waals surface area contributed by atoms with Crippen molar-refractivity contribution in [1.82, 2.24) is 0 Å². The summed E-state index contributed by atoms with van der Waals surface area (Å²) in [4.78, 5) is 0. The van der Waals surface area contributed by atoms with Gasteiger partial charge in [-0.2, -0.15) is 0 Å². The Balaban J connectivity index is 1.71. The van der Waals surface area contributed by atoms with Gasteiger partial charge in [-0.25, -0.2) is 0 Å². The van der Waals surface area contributed by atoms with Crippen LogP contribution >= 0.6 is 46.4 Å². The van der Waals surface area contributed by atoms with Crippen LogP contribution in [0, 0.1) is 0 Å². The molecule has 3 aromatic rings. The number of ether oxygens (including phenoxy) is 2. The number of halogens is 4. The highest BCUT2D eigenvalue weighted by Gasteiger charge is 2.10. The number of phenols is 1. The van der Waals surface area contributed by atoms with Crippen LogP contribution in [0.25, 0.3) is 0 Å². The molecule has 0 saturated carbocycles. The summed E-state index contributed by atoms with van der Waals surface area (Å²) in [6, 6.07) is 14.2. The minimum atomic E-state index is -0.134. The van der Waals surface area contributed by atoms with Gasteiger partial charge < -0.3 is 19.9 Å². The van der Waals surface area contributed by atoms with Gasteiger partial charge in [-0.15, -0.1) is 0 Å². The van der Waals surface area contributed by atoms with E-state index >= 15 is 0 Å². The Hall–Kier alpha value is -1.98. The maximum absolute atomic E-state index is 9.67. The molecule has 0 fully saturated rings. The Kier molecular flexibility index (Phi) is 7.84. The van der Waals surface area contributed by atoms with Gasteiger partial charge in [0, 0.05) is 27.8 Å². The van der Waals surface area contributed by atoms with Crippen LogP contribution in [0.3, 0.4) is 0 Å². The molecule has 0 aliphatic heterocycles. The topological polar surface area (TPSA) is 50.7 Å². The maximum Gasteiger partial charge on any atom is 0.161 e. The van der Waals surface area contributed by atoms with Crippen molar-refractivity contribution in [2.24, 2.45) is 0 Å². The van der Waals surface area contributed by atoms with Crippen molar-refractivity contribution in [2.45, 2.75) is 20.1 Å². The molecule has 3 rings (SSSR count). The molecule has 8 heteroatoms. The van der Waals surface area contributed by atoms with Crippen molar-refractivity contribution in [1.29, 1.82) is 0 Å². The van der Waals surface area contributed by atoms with Crippen molar-refractivity contribution in [3.8, 4) is 17.2 Å². The molecule has 0 amide bonds. The van der Waals surface area contributed by atoms with Gasteiger partial charge in [0.1, 0.15) is 6.61 Å². The number of aromatic hydroxyl groups is 1. The number of nitrogens with one attached hydrogen (secondary N) is 1. The molecule has 0 spiro atoms. The van der Waals surface area contributed by atoms with Crippen LogP contribution in [0.4, 0.5) is 5.69 Å². The summed E-state index contributed by atoms with van der Waals surface area (Å²) in [6.45, 7) is 3.20. The van der Waals surface area contributed by atoms with Gasteiger partial charge in [-0.1, -0.05) is 58.5 Å². The molecule has 0 radical (unpaired) electrons. The first-order valence-electron chi connectivity index (χ1n) is 9.11. The molecule has 0 saturated heterocycles. The Morgan fingerprint density at radius 3 is 2.23 bits per heavy atom. The fraction of sp³-hybridized carbons (Fsp3) is 0.182. The number of phenolic OH excluding ortho intramolecular Hbond substituents is 1. The minimum Gasteiger partial charge on any atom is -0.505 e. The summed E-state index contributed by atoms with van der Waals surface area (Å²) >= 11 is 24.1. The van der Waals surface area contributed by atoms with E-state index in [0.717, 1.165) is 11.1 Å². The van der Waals surface area contributed by atoms with Crippen LogP contribution in [0.1, 0.15) is 18.1 Å². The average Bonchev–Trinajstić information content (AvgIpc) is 2.71. The van der Waals surface area contributed by atoms with Crippen LogP contribution in [-0.2, 0) is 13.2 Å². The van der Waals surface area contributed by atoms with Crippen molar-refractivity contribution < 1.29 is 14.6 Å². The summed E-state index contributed by atoms with van der Waals surface area (Å²) in [7, 11) is 0. The summed E-state index contributed by atoms with van der Waals surface area (Å²) in [6.07, 6.45) is 0. The van der Waals surface area contributed by atoms with E-state index in [4.69, 9.17) is 55.9 Å². The molecule has 3 aromatic carbocycles. The fourth-order valence-electron chi connectivity index (χ4n) is 2.72. The standard InChI is InChI=1S/C22H19Cl4NO3/c1-2-29-21-7-13(11-27-16-9-18(25)22(28)19(26)10-16)3-6-20(21)30-12-14-4-5-15(23)8-17(14)24/h3-10,27-28H,2,11-12H2,1H3. The molecule has 0 unspecified atom stereocenters. The molecule has 0 aromatic heterocycles. The second kappa shape index (κ2) is 10.4. The summed E-state index contributed by atoms with van der Waals surface area (Å²) < 4.78 is 11.7. The smallest absolute Gasteiger partial charge is 0.161 e.